The lowest BCUT2D eigenvalue weighted by Gasteiger charge is -2.21. The van der Waals surface area contributed by atoms with E-state index >= 15 is 0 Å². The van der Waals surface area contributed by atoms with Crippen LogP contribution in [0.4, 0.5) is 0 Å². The summed E-state index contributed by atoms with van der Waals surface area (Å²) >= 11 is 0. The van der Waals surface area contributed by atoms with Crippen LogP contribution in [0.3, 0.4) is 0 Å². The van der Waals surface area contributed by atoms with Crippen LogP contribution < -0.4 is 0 Å². The Balaban J connectivity index is 3.40. The van der Waals surface area contributed by atoms with Crippen LogP contribution in [0.1, 0.15) is 26.2 Å². The molecule has 0 rings (SSSR count). The number of hydrogen-bond acceptors (Lipinski definition) is 2. The number of aliphatic hydroxyl groups is 1. The van der Waals surface area contributed by atoms with E-state index in [-0.39, 0.29) is 6.61 Å². The Bertz CT molecular complexity index is 73.7. The molecule has 2 heteroatoms. The van der Waals surface area contributed by atoms with Gasteiger partial charge in [0.15, 0.2) is 0 Å². The molecule has 0 aliphatic heterocycles. The smallest absolute Gasteiger partial charge is 0.0586 e. The fourth-order valence-corrected chi connectivity index (χ4v) is 0.953. The van der Waals surface area contributed by atoms with Crippen molar-refractivity contribution in [1.29, 1.82) is 0 Å². The van der Waals surface area contributed by atoms with Gasteiger partial charge < -0.3 is 10.0 Å². The summed E-state index contributed by atoms with van der Waals surface area (Å²) in [7, 11) is 4.02. The molecule has 0 fully saturated rings. The van der Waals surface area contributed by atoms with Crippen molar-refractivity contribution in [3.05, 3.63) is 0 Å². The number of unbranched alkanes of at least 4 members (excludes halogenated alkanes) is 1. The van der Waals surface area contributed by atoms with E-state index in [1.165, 1.54) is 12.8 Å². The zero-order valence-corrected chi connectivity index (χ0v) is 7.30. The van der Waals surface area contributed by atoms with Crippen LogP contribution in [0.15, 0.2) is 0 Å². The molecule has 0 radical (unpaired) electrons. The van der Waals surface area contributed by atoms with E-state index in [0.29, 0.717) is 6.04 Å². The number of rotatable bonds is 5. The summed E-state index contributed by atoms with van der Waals surface area (Å²) in [6.45, 7) is 2.46. The molecule has 2 nitrogen and oxygen atoms in total. The molecule has 0 spiro atoms. The molecule has 1 unspecified atom stereocenters. The van der Waals surface area contributed by atoms with E-state index in [4.69, 9.17) is 5.11 Å². The van der Waals surface area contributed by atoms with Crippen LogP contribution in [0.25, 0.3) is 0 Å². The molecule has 0 bridgehead atoms. The van der Waals surface area contributed by atoms with E-state index < -0.39 is 0 Å². The molecule has 0 aromatic heterocycles. The summed E-state index contributed by atoms with van der Waals surface area (Å²) in [6.07, 6.45) is 3.54. The Kier molecular flexibility index (Phi) is 5.64. The predicted molar refractivity (Wildman–Crippen MR) is 44.1 cm³/mol. The number of aliphatic hydroxyl groups excluding tert-OH is 1. The molecule has 0 heterocycles. The van der Waals surface area contributed by atoms with Crippen LogP contribution in [0.5, 0.6) is 0 Å². The molecule has 10 heavy (non-hydrogen) atoms. The largest absolute Gasteiger partial charge is 0.395 e. The van der Waals surface area contributed by atoms with E-state index in [0.717, 1.165) is 6.42 Å². The molecule has 0 amide bonds. The quantitative estimate of drug-likeness (QED) is 0.626. The topological polar surface area (TPSA) is 23.5 Å². The van der Waals surface area contributed by atoms with Crippen LogP contribution in [-0.2, 0) is 0 Å². The summed E-state index contributed by atoms with van der Waals surface area (Å²) in [5, 5.41) is 8.88. The highest BCUT2D eigenvalue weighted by atomic mass is 16.3. The second-order valence-corrected chi connectivity index (χ2v) is 2.94. The highest BCUT2D eigenvalue weighted by Crippen LogP contribution is 2.03. The molecular formula is C8H19NO. The Hall–Kier alpha value is -0.0800. The first-order valence-electron chi connectivity index (χ1n) is 3.99. The van der Waals surface area contributed by atoms with Crippen molar-refractivity contribution in [2.45, 2.75) is 32.2 Å². The Morgan fingerprint density at radius 1 is 1.40 bits per heavy atom. The zero-order chi connectivity index (χ0) is 7.98. The first kappa shape index (κ1) is 9.92. The van der Waals surface area contributed by atoms with Gasteiger partial charge in [-0.25, -0.2) is 0 Å². The first-order valence-corrected chi connectivity index (χ1v) is 3.99. The maximum Gasteiger partial charge on any atom is 0.0586 e. The third kappa shape index (κ3) is 3.85. The van der Waals surface area contributed by atoms with Gasteiger partial charge in [-0.3, -0.25) is 0 Å². The molecule has 1 atom stereocenters. The standard InChI is InChI=1S/C8H19NO/c1-4-5-6-8(7-10)9(2)3/h8,10H,4-7H2,1-3H3. The minimum absolute atomic E-state index is 0.285. The van der Waals surface area contributed by atoms with Crippen molar-refractivity contribution in [3.63, 3.8) is 0 Å². The predicted octanol–water partition coefficient (Wildman–Crippen LogP) is 1.10. The minimum atomic E-state index is 0.285. The monoisotopic (exact) mass is 145 g/mol. The highest BCUT2D eigenvalue weighted by molar-refractivity contribution is 4.63. The number of nitrogens with zero attached hydrogens (tertiary/aromatic N) is 1. The van der Waals surface area contributed by atoms with Crippen LogP contribution >= 0.6 is 0 Å². The molecule has 0 saturated carbocycles. The van der Waals surface area contributed by atoms with Crippen LogP contribution in [-0.4, -0.2) is 36.8 Å². The normalized spacial score (nSPS) is 14.1. The van der Waals surface area contributed by atoms with Gasteiger partial charge >= 0.3 is 0 Å². The van der Waals surface area contributed by atoms with Crippen molar-refractivity contribution in [3.8, 4) is 0 Å². The molecule has 0 aliphatic rings. The van der Waals surface area contributed by atoms with Crippen molar-refractivity contribution in [2.24, 2.45) is 0 Å². The molecule has 62 valence electrons. The SMILES string of the molecule is CCCCC(CO)N(C)C. The molecule has 0 aromatic carbocycles. The van der Waals surface area contributed by atoms with Crippen molar-refractivity contribution in [2.75, 3.05) is 20.7 Å². The van der Waals surface area contributed by atoms with E-state index in [1.54, 1.807) is 0 Å². The maximum absolute atomic E-state index is 8.88. The Labute approximate surface area is 63.8 Å². The average molecular weight is 145 g/mol. The lowest BCUT2D eigenvalue weighted by atomic mass is 10.1. The minimum Gasteiger partial charge on any atom is -0.395 e. The van der Waals surface area contributed by atoms with Gasteiger partial charge in [0.1, 0.15) is 0 Å². The average Bonchev–Trinajstić information content (AvgIpc) is 1.89. The molecule has 1 N–H and O–H groups in total. The Morgan fingerprint density at radius 3 is 2.30 bits per heavy atom. The van der Waals surface area contributed by atoms with E-state index in [9.17, 15) is 0 Å². The second-order valence-electron chi connectivity index (χ2n) is 2.94. The van der Waals surface area contributed by atoms with Crippen LogP contribution in [0, 0.1) is 0 Å². The lowest BCUT2D eigenvalue weighted by molar-refractivity contribution is 0.159. The third-order valence-corrected chi connectivity index (χ3v) is 1.83. The zero-order valence-electron chi connectivity index (χ0n) is 7.30. The maximum atomic E-state index is 8.88. The van der Waals surface area contributed by atoms with Gasteiger partial charge in [0.05, 0.1) is 6.61 Å². The highest BCUT2D eigenvalue weighted by Gasteiger charge is 2.07. The van der Waals surface area contributed by atoms with Crippen molar-refractivity contribution in [1.82, 2.24) is 4.90 Å². The van der Waals surface area contributed by atoms with E-state index in [1.807, 2.05) is 14.1 Å². The van der Waals surface area contributed by atoms with Gasteiger partial charge in [0.2, 0.25) is 0 Å². The molecule has 0 aliphatic carbocycles. The molecule has 0 aromatic rings. The second kappa shape index (κ2) is 5.69. The van der Waals surface area contributed by atoms with Gasteiger partial charge in [-0.05, 0) is 20.5 Å². The molecule has 0 saturated heterocycles. The molecular weight excluding hydrogens is 126 g/mol. The van der Waals surface area contributed by atoms with Gasteiger partial charge in [0, 0.05) is 6.04 Å². The van der Waals surface area contributed by atoms with Crippen LogP contribution in [0.2, 0.25) is 0 Å². The summed E-state index contributed by atoms with van der Waals surface area (Å²) in [6, 6.07) is 0.361. The summed E-state index contributed by atoms with van der Waals surface area (Å²) in [4.78, 5) is 2.08. The fraction of sp³-hybridized carbons (Fsp3) is 1.00. The van der Waals surface area contributed by atoms with Gasteiger partial charge in [-0.15, -0.1) is 0 Å². The van der Waals surface area contributed by atoms with Gasteiger partial charge in [-0.1, -0.05) is 19.8 Å². The Morgan fingerprint density at radius 2 is 2.00 bits per heavy atom. The number of likely N-dealkylation sites (N-methyl/N-ethyl adjacent to an activating group) is 1. The van der Waals surface area contributed by atoms with Gasteiger partial charge in [-0.2, -0.15) is 0 Å². The summed E-state index contributed by atoms with van der Waals surface area (Å²) in [5.41, 5.74) is 0. The van der Waals surface area contributed by atoms with Crippen molar-refractivity contribution >= 4 is 0 Å². The summed E-state index contributed by atoms with van der Waals surface area (Å²) < 4.78 is 0. The first-order chi connectivity index (χ1) is 4.72. The third-order valence-electron chi connectivity index (χ3n) is 1.83. The van der Waals surface area contributed by atoms with Gasteiger partial charge in [0.25, 0.3) is 0 Å². The lowest BCUT2D eigenvalue weighted by Crippen LogP contribution is -2.31. The summed E-state index contributed by atoms with van der Waals surface area (Å²) in [5.74, 6) is 0. The fourth-order valence-electron chi connectivity index (χ4n) is 0.953. The van der Waals surface area contributed by atoms with Crippen molar-refractivity contribution < 1.29 is 5.11 Å². The number of hydrogen-bond donors (Lipinski definition) is 1. The van der Waals surface area contributed by atoms with E-state index in [2.05, 4.69) is 11.8 Å².